The van der Waals surface area contributed by atoms with E-state index in [1.807, 2.05) is 30.3 Å². The van der Waals surface area contributed by atoms with Gasteiger partial charge in [0.25, 0.3) is 0 Å². The van der Waals surface area contributed by atoms with Gasteiger partial charge in [-0.2, -0.15) is 10.1 Å². The van der Waals surface area contributed by atoms with Gasteiger partial charge in [-0.25, -0.2) is 0 Å². The Morgan fingerprint density at radius 1 is 1.04 bits per heavy atom. The Balaban J connectivity index is 1.45. The standard InChI is InChI=1S/C19H19N5O2/c1-13-4-2-3-5-14(13)11-20-18-12-21-24-19(23-18)22-15-6-7-16-17(10-15)26-9-8-25-16/h2-7,10,12H,8-9,11H2,1H3,(H2,20,22,23,24). The van der Waals surface area contributed by atoms with E-state index in [9.17, 15) is 0 Å². The Kier molecular flexibility index (Phi) is 4.51. The average Bonchev–Trinajstić information content (AvgIpc) is 2.68. The molecule has 1 aliphatic rings. The highest BCUT2D eigenvalue weighted by Gasteiger charge is 2.12. The molecule has 7 nitrogen and oxygen atoms in total. The summed E-state index contributed by atoms with van der Waals surface area (Å²) in [5, 5.41) is 14.5. The number of hydrogen-bond acceptors (Lipinski definition) is 7. The van der Waals surface area contributed by atoms with Gasteiger partial charge in [0.1, 0.15) is 13.2 Å². The first-order valence-electron chi connectivity index (χ1n) is 8.43. The van der Waals surface area contributed by atoms with E-state index < -0.39 is 0 Å². The largest absolute Gasteiger partial charge is 0.486 e. The van der Waals surface area contributed by atoms with Crippen molar-refractivity contribution in [3.63, 3.8) is 0 Å². The third-order valence-electron chi connectivity index (χ3n) is 4.08. The maximum Gasteiger partial charge on any atom is 0.249 e. The summed E-state index contributed by atoms with van der Waals surface area (Å²) >= 11 is 0. The zero-order valence-corrected chi connectivity index (χ0v) is 14.4. The molecule has 1 aromatic heterocycles. The molecule has 2 aromatic carbocycles. The maximum absolute atomic E-state index is 5.59. The van der Waals surface area contributed by atoms with E-state index in [4.69, 9.17) is 9.47 Å². The second-order valence-electron chi connectivity index (χ2n) is 5.93. The van der Waals surface area contributed by atoms with Crippen molar-refractivity contribution in [1.29, 1.82) is 0 Å². The Morgan fingerprint density at radius 3 is 2.77 bits per heavy atom. The lowest BCUT2D eigenvalue weighted by molar-refractivity contribution is 0.171. The molecule has 0 radical (unpaired) electrons. The van der Waals surface area contributed by atoms with Gasteiger partial charge in [-0.05, 0) is 30.2 Å². The van der Waals surface area contributed by atoms with Crippen LogP contribution in [0.1, 0.15) is 11.1 Å². The van der Waals surface area contributed by atoms with Crippen LogP contribution in [0.3, 0.4) is 0 Å². The van der Waals surface area contributed by atoms with Gasteiger partial charge >= 0.3 is 0 Å². The molecule has 132 valence electrons. The summed E-state index contributed by atoms with van der Waals surface area (Å²) in [4.78, 5) is 4.46. The van der Waals surface area contributed by atoms with Crippen molar-refractivity contribution in [2.24, 2.45) is 0 Å². The molecule has 0 fully saturated rings. The van der Waals surface area contributed by atoms with Crippen molar-refractivity contribution in [2.75, 3.05) is 23.8 Å². The van der Waals surface area contributed by atoms with Crippen LogP contribution in [0, 0.1) is 6.92 Å². The van der Waals surface area contributed by atoms with Gasteiger partial charge in [0, 0.05) is 18.3 Å². The van der Waals surface area contributed by atoms with Crippen LogP contribution in [-0.4, -0.2) is 28.4 Å². The topological polar surface area (TPSA) is 81.2 Å². The first-order chi connectivity index (χ1) is 12.8. The SMILES string of the molecule is Cc1ccccc1CNc1cnnc(Nc2ccc3c(c2)OCCO3)n1. The molecular formula is C19H19N5O2. The molecule has 0 bridgehead atoms. The predicted molar refractivity (Wildman–Crippen MR) is 99.0 cm³/mol. The van der Waals surface area contributed by atoms with Crippen molar-refractivity contribution in [3.8, 4) is 11.5 Å². The fourth-order valence-electron chi connectivity index (χ4n) is 2.69. The molecule has 0 saturated carbocycles. The van der Waals surface area contributed by atoms with Crippen LogP contribution in [0.5, 0.6) is 11.5 Å². The normalized spacial score (nSPS) is 12.5. The molecule has 0 saturated heterocycles. The summed E-state index contributed by atoms with van der Waals surface area (Å²) in [6, 6.07) is 13.9. The lowest BCUT2D eigenvalue weighted by atomic mass is 10.1. The minimum Gasteiger partial charge on any atom is -0.486 e. The summed E-state index contributed by atoms with van der Waals surface area (Å²) in [6.07, 6.45) is 1.60. The highest BCUT2D eigenvalue weighted by Crippen LogP contribution is 2.33. The predicted octanol–water partition coefficient (Wildman–Crippen LogP) is 3.31. The molecule has 0 amide bonds. The lowest BCUT2D eigenvalue weighted by Crippen LogP contribution is -2.15. The number of aromatic nitrogens is 3. The van der Waals surface area contributed by atoms with Crippen LogP contribution in [0.2, 0.25) is 0 Å². The number of benzene rings is 2. The molecule has 1 aliphatic heterocycles. The van der Waals surface area contributed by atoms with Crippen LogP contribution in [0.25, 0.3) is 0 Å². The van der Waals surface area contributed by atoms with E-state index in [1.165, 1.54) is 11.1 Å². The second kappa shape index (κ2) is 7.26. The number of nitrogens with zero attached hydrogens (tertiary/aromatic N) is 3. The van der Waals surface area contributed by atoms with Crippen LogP contribution in [0.15, 0.2) is 48.7 Å². The fourth-order valence-corrected chi connectivity index (χ4v) is 2.69. The first kappa shape index (κ1) is 16.1. The highest BCUT2D eigenvalue weighted by atomic mass is 16.6. The minimum absolute atomic E-state index is 0.413. The van der Waals surface area contributed by atoms with Gasteiger partial charge in [-0.1, -0.05) is 24.3 Å². The summed E-state index contributed by atoms with van der Waals surface area (Å²) in [6.45, 7) is 3.88. The molecule has 7 heteroatoms. The number of ether oxygens (including phenoxy) is 2. The lowest BCUT2D eigenvalue weighted by Gasteiger charge is -2.19. The molecular weight excluding hydrogens is 330 g/mol. The quantitative estimate of drug-likeness (QED) is 0.731. The van der Waals surface area contributed by atoms with E-state index in [0.717, 1.165) is 11.4 Å². The van der Waals surface area contributed by atoms with Crippen molar-refractivity contribution in [1.82, 2.24) is 15.2 Å². The molecule has 0 unspecified atom stereocenters. The van der Waals surface area contributed by atoms with Crippen LogP contribution in [-0.2, 0) is 6.54 Å². The summed E-state index contributed by atoms with van der Waals surface area (Å²) in [5.41, 5.74) is 3.26. The van der Waals surface area contributed by atoms with E-state index in [2.05, 4.69) is 44.9 Å². The molecule has 3 aromatic rings. The summed E-state index contributed by atoms with van der Waals surface area (Å²) < 4.78 is 11.1. The zero-order valence-electron chi connectivity index (χ0n) is 14.4. The van der Waals surface area contributed by atoms with Crippen molar-refractivity contribution in [3.05, 3.63) is 59.8 Å². The fraction of sp³-hybridized carbons (Fsp3) is 0.211. The third kappa shape index (κ3) is 3.66. The van der Waals surface area contributed by atoms with Gasteiger partial charge in [-0.3, -0.25) is 0 Å². The van der Waals surface area contributed by atoms with Gasteiger partial charge in [0.2, 0.25) is 5.95 Å². The Hall–Kier alpha value is -3.35. The zero-order chi connectivity index (χ0) is 17.8. The third-order valence-corrected chi connectivity index (χ3v) is 4.08. The number of anilines is 3. The van der Waals surface area contributed by atoms with Crippen molar-refractivity contribution in [2.45, 2.75) is 13.5 Å². The molecule has 0 spiro atoms. The molecule has 26 heavy (non-hydrogen) atoms. The minimum atomic E-state index is 0.413. The number of fused-ring (bicyclic) bond motifs is 1. The van der Waals surface area contributed by atoms with E-state index >= 15 is 0 Å². The van der Waals surface area contributed by atoms with Gasteiger partial charge < -0.3 is 20.1 Å². The van der Waals surface area contributed by atoms with Crippen LogP contribution in [0.4, 0.5) is 17.5 Å². The summed E-state index contributed by atoms with van der Waals surface area (Å²) in [5.74, 6) is 2.53. The molecule has 0 aliphatic carbocycles. The van der Waals surface area contributed by atoms with E-state index in [1.54, 1.807) is 6.20 Å². The maximum atomic E-state index is 5.59. The smallest absolute Gasteiger partial charge is 0.249 e. The number of aryl methyl sites for hydroxylation is 1. The first-order valence-corrected chi connectivity index (χ1v) is 8.43. The summed E-state index contributed by atoms with van der Waals surface area (Å²) in [7, 11) is 0. The second-order valence-corrected chi connectivity index (χ2v) is 5.93. The molecule has 0 atom stereocenters. The van der Waals surface area contributed by atoms with E-state index in [0.29, 0.717) is 37.3 Å². The highest BCUT2D eigenvalue weighted by molar-refractivity contribution is 5.60. The van der Waals surface area contributed by atoms with Gasteiger partial charge in [-0.15, -0.1) is 5.10 Å². The van der Waals surface area contributed by atoms with Gasteiger partial charge in [0.05, 0.1) is 6.20 Å². The number of rotatable bonds is 5. The molecule has 4 rings (SSSR count). The Labute approximate surface area is 151 Å². The van der Waals surface area contributed by atoms with Crippen molar-refractivity contribution >= 4 is 17.5 Å². The molecule has 2 N–H and O–H groups in total. The van der Waals surface area contributed by atoms with E-state index in [-0.39, 0.29) is 0 Å². The average molecular weight is 349 g/mol. The monoisotopic (exact) mass is 349 g/mol. The Bertz CT molecular complexity index is 916. The number of nitrogens with one attached hydrogen (secondary N) is 2. The number of hydrogen-bond donors (Lipinski definition) is 2. The Morgan fingerprint density at radius 2 is 1.88 bits per heavy atom. The van der Waals surface area contributed by atoms with Crippen LogP contribution >= 0.6 is 0 Å². The van der Waals surface area contributed by atoms with Crippen LogP contribution < -0.4 is 20.1 Å². The van der Waals surface area contributed by atoms with Gasteiger partial charge in [0.15, 0.2) is 17.3 Å². The van der Waals surface area contributed by atoms with Crippen molar-refractivity contribution < 1.29 is 9.47 Å². The molecule has 2 heterocycles.